The summed E-state index contributed by atoms with van der Waals surface area (Å²) in [5.41, 5.74) is 1.17. The Bertz CT molecular complexity index is 1010. The molecule has 3 heterocycles. The molecule has 34 heavy (non-hydrogen) atoms. The minimum Gasteiger partial charge on any atom is -0.355 e. The number of amides is 1. The van der Waals surface area contributed by atoms with E-state index in [1.807, 2.05) is 0 Å². The summed E-state index contributed by atoms with van der Waals surface area (Å²) in [4.78, 5) is 23.6. The van der Waals surface area contributed by atoms with E-state index in [2.05, 4.69) is 31.9 Å². The second-order valence-corrected chi connectivity index (χ2v) is 9.94. The summed E-state index contributed by atoms with van der Waals surface area (Å²) < 4.78 is 14.2. The molecule has 2 aromatic rings. The van der Waals surface area contributed by atoms with Gasteiger partial charge in [-0.3, -0.25) is 14.6 Å². The fraction of sp³-hybridized carbons (Fsp3) is 0.520. The number of pyridine rings is 1. The van der Waals surface area contributed by atoms with Crippen LogP contribution in [0.4, 0.5) is 10.2 Å². The maximum atomic E-state index is 14.2. The Morgan fingerprint density at radius 2 is 1.94 bits per heavy atom. The third-order valence-corrected chi connectivity index (χ3v) is 7.56. The fourth-order valence-corrected chi connectivity index (χ4v) is 5.58. The van der Waals surface area contributed by atoms with E-state index in [1.165, 1.54) is 6.07 Å². The minimum atomic E-state index is -0.229. The number of piperidine rings is 1. The average Bonchev–Trinajstić information content (AvgIpc) is 2.85. The Labute approximate surface area is 211 Å². The number of piperazine rings is 1. The van der Waals surface area contributed by atoms with E-state index in [0.717, 1.165) is 57.8 Å². The maximum Gasteiger partial charge on any atom is 0.252 e. The molecule has 1 amide bonds. The molecule has 2 aliphatic heterocycles. The number of likely N-dealkylation sites (tertiary alicyclic amines) is 1. The van der Waals surface area contributed by atoms with Crippen molar-refractivity contribution >= 4 is 34.9 Å². The Morgan fingerprint density at radius 3 is 2.59 bits per heavy atom. The first-order chi connectivity index (χ1) is 16.4. The van der Waals surface area contributed by atoms with E-state index in [0.29, 0.717) is 39.8 Å². The summed E-state index contributed by atoms with van der Waals surface area (Å²) in [6.45, 7) is 7.41. The van der Waals surface area contributed by atoms with Crippen molar-refractivity contribution in [3.63, 3.8) is 0 Å². The second kappa shape index (κ2) is 11.2. The summed E-state index contributed by atoms with van der Waals surface area (Å²) in [6.07, 6.45) is 4.78. The maximum absolute atomic E-state index is 14.2. The van der Waals surface area contributed by atoms with E-state index in [9.17, 15) is 9.18 Å². The molecule has 0 aliphatic carbocycles. The van der Waals surface area contributed by atoms with Crippen LogP contribution in [0.15, 0.2) is 30.5 Å². The zero-order valence-corrected chi connectivity index (χ0v) is 21.2. The Morgan fingerprint density at radius 1 is 1.18 bits per heavy atom. The van der Waals surface area contributed by atoms with Crippen LogP contribution in [0.25, 0.3) is 0 Å². The van der Waals surface area contributed by atoms with Gasteiger partial charge in [-0.2, -0.15) is 0 Å². The van der Waals surface area contributed by atoms with Crippen LogP contribution in [-0.2, 0) is 6.54 Å². The highest BCUT2D eigenvalue weighted by molar-refractivity contribution is 6.33. The topological polar surface area (TPSA) is 51.7 Å². The van der Waals surface area contributed by atoms with Gasteiger partial charge < -0.3 is 10.2 Å². The molecule has 1 N–H and O–H groups in total. The number of rotatable bonds is 6. The molecule has 0 saturated carbocycles. The number of carbonyl (C=O) groups excluding carboxylic acids is 1. The number of halogens is 3. The van der Waals surface area contributed by atoms with Gasteiger partial charge in [0.05, 0.1) is 10.6 Å². The van der Waals surface area contributed by atoms with Crippen molar-refractivity contribution in [2.24, 2.45) is 0 Å². The summed E-state index contributed by atoms with van der Waals surface area (Å²) in [5.74, 6) is 0.321. The molecule has 0 unspecified atom stereocenters. The number of carbonyl (C=O) groups is 1. The van der Waals surface area contributed by atoms with E-state index in [-0.39, 0.29) is 11.7 Å². The van der Waals surface area contributed by atoms with Crippen LogP contribution < -0.4 is 10.2 Å². The number of aromatic nitrogens is 1. The summed E-state index contributed by atoms with van der Waals surface area (Å²) in [6, 6.07) is 7.56. The molecular weight excluding hydrogens is 476 g/mol. The molecule has 1 aromatic heterocycles. The lowest BCUT2D eigenvalue weighted by Gasteiger charge is -2.47. The van der Waals surface area contributed by atoms with Gasteiger partial charge in [-0.05, 0) is 50.6 Å². The zero-order valence-electron chi connectivity index (χ0n) is 19.7. The van der Waals surface area contributed by atoms with Gasteiger partial charge in [0.1, 0.15) is 11.6 Å². The van der Waals surface area contributed by atoms with E-state index < -0.39 is 0 Å². The normalized spacial score (nSPS) is 20.5. The molecule has 1 aromatic carbocycles. The third kappa shape index (κ3) is 5.65. The average molecular weight is 508 g/mol. The molecule has 4 rings (SSSR count). The smallest absolute Gasteiger partial charge is 0.252 e. The van der Waals surface area contributed by atoms with Gasteiger partial charge in [0.25, 0.3) is 5.91 Å². The largest absolute Gasteiger partial charge is 0.355 e. The monoisotopic (exact) mass is 507 g/mol. The molecule has 2 aliphatic rings. The quantitative estimate of drug-likeness (QED) is 0.625. The van der Waals surface area contributed by atoms with Gasteiger partial charge in [0.15, 0.2) is 0 Å². The second-order valence-electron chi connectivity index (χ2n) is 9.10. The number of anilines is 1. The highest BCUT2D eigenvalue weighted by atomic mass is 35.5. The van der Waals surface area contributed by atoms with Crippen LogP contribution in [0.2, 0.25) is 10.0 Å². The van der Waals surface area contributed by atoms with Crippen LogP contribution in [0.1, 0.15) is 42.1 Å². The molecule has 0 spiro atoms. The minimum absolute atomic E-state index is 0.192. The van der Waals surface area contributed by atoms with Crippen molar-refractivity contribution in [2.75, 3.05) is 44.7 Å². The Balaban J connectivity index is 1.34. The van der Waals surface area contributed by atoms with Gasteiger partial charge in [-0.1, -0.05) is 36.2 Å². The molecule has 2 fully saturated rings. The standard InChI is InChI=1S/C25H32Cl2FN5O/c1-3-20-16-32(24-22(27)12-18(14-30-24)25(34)29-2)10-11-33(20)21-6-8-31(9-7-21)15-17-4-5-19(26)13-23(17)28/h4-5,12-14,20-21H,3,6-11,15-16H2,1-2H3,(H,29,34)/t20-/m0/s1. The predicted molar refractivity (Wildman–Crippen MR) is 135 cm³/mol. The van der Waals surface area contributed by atoms with Crippen molar-refractivity contribution in [2.45, 2.75) is 44.8 Å². The highest BCUT2D eigenvalue weighted by Crippen LogP contribution is 2.30. The van der Waals surface area contributed by atoms with Gasteiger partial charge in [-0.15, -0.1) is 0 Å². The van der Waals surface area contributed by atoms with Crippen LogP contribution >= 0.6 is 23.2 Å². The fourth-order valence-electron chi connectivity index (χ4n) is 5.14. The number of hydrogen-bond acceptors (Lipinski definition) is 5. The van der Waals surface area contributed by atoms with Crippen molar-refractivity contribution in [1.29, 1.82) is 0 Å². The van der Waals surface area contributed by atoms with Crippen molar-refractivity contribution in [3.8, 4) is 0 Å². The molecular formula is C25H32Cl2FN5O. The lowest BCUT2D eigenvalue weighted by Crippen LogP contribution is -2.58. The Kier molecular flexibility index (Phi) is 8.30. The molecule has 9 heteroatoms. The van der Waals surface area contributed by atoms with Crippen LogP contribution in [0, 0.1) is 5.82 Å². The van der Waals surface area contributed by atoms with Crippen molar-refractivity contribution in [3.05, 3.63) is 57.5 Å². The first-order valence-electron chi connectivity index (χ1n) is 11.9. The van der Waals surface area contributed by atoms with E-state index in [4.69, 9.17) is 23.2 Å². The molecule has 0 radical (unpaired) electrons. The predicted octanol–water partition coefficient (Wildman–Crippen LogP) is 4.45. The van der Waals surface area contributed by atoms with Crippen LogP contribution in [0.3, 0.4) is 0 Å². The van der Waals surface area contributed by atoms with E-state index >= 15 is 0 Å². The lowest BCUT2D eigenvalue weighted by molar-refractivity contribution is 0.0607. The van der Waals surface area contributed by atoms with Crippen LogP contribution in [-0.4, -0.2) is 72.5 Å². The number of nitrogens with zero attached hydrogens (tertiary/aromatic N) is 4. The first kappa shape index (κ1) is 25.2. The van der Waals surface area contributed by atoms with E-state index in [1.54, 1.807) is 31.4 Å². The SMILES string of the molecule is CC[C@H]1CN(c2ncc(C(=O)NC)cc2Cl)CCN1C1CCN(Cc2ccc(Cl)cc2F)CC1. The van der Waals surface area contributed by atoms with Crippen molar-refractivity contribution in [1.82, 2.24) is 20.1 Å². The summed E-state index contributed by atoms with van der Waals surface area (Å²) in [5, 5.41) is 3.54. The van der Waals surface area contributed by atoms with Crippen LogP contribution in [0.5, 0.6) is 0 Å². The van der Waals surface area contributed by atoms with Gasteiger partial charge >= 0.3 is 0 Å². The lowest BCUT2D eigenvalue weighted by atomic mass is 9.97. The van der Waals surface area contributed by atoms with Crippen molar-refractivity contribution < 1.29 is 9.18 Å². The first-order valence-corrected chi connectivity index (χ1v) is 12.7. The molecule has 6 nitrogen and oxygen atoms in total. The Hall–Kier alpha value is -1.93. The summed E-state index contributed by atoms with van der Waals surface area (Å²) >= 11 is 12.4. The molecule has 0 bridgehead atoms. The number of nitrogens with one attached hydrogen (secondary N) is 1. The molecule has 2 saturated heterocycles. The molecule has 184 valence electrons. The number of benzene rings is 1. The van der Waals surface area contributed by atoms with Gasteiger partial charge in [0, 0.05) is 62.1 Å². The summed E-state index contributed by atoms with van der Waals surface area (Å²) in [7, 11) is 1.59. The van der Waals surface area contributed by atoms with Gasteiger partial charge in [0.2, 0.25) is 0 Å². The molecule has 1 atom stereocenters. The third-order valence-electron chi connectivity index (χ3n) is 7.05. The number of hydrogen-bond donors (Lipinski definition) is 1. The van der Waals surface area contributed by atoms with Gasteiger partial charge in [-0.25, -0.2) is 9.37 Å². The zero-order chi connectivity index (χ0) is 24.2. The highest BCUT2D eigenvalue weighted by Gasteiger charge is 2.34.